The molecule has 0 saturated heterocycles. The maximum Gasteiger partial charge on any atom is 0.244 e. The summed E-state index contributed by atoms with van der Waals surface area (Å²) in [6.07, 6.45) is 0.777. The number of carbonyl (C=O) groups excluding carboxylic acids is 1. The third kappa shape index (κ3) is 3.94. The van der Waals surface area contributed by atoms with Gasteiger partial charge in [-0.25, -0.2) is 4.98 Å². The fourth-order valence-corrected chi connectivity index (χ4v) is 3.41. The van der Waals surface area contributed by atoms with Crippen molar-refractivity contribution in [2.24, 2.45) is 5.73 Å². The Bertz CT molecular complexity index is 665. The Kier molecular flexibility index (Phi) is 5.36. The van der Waals surface area contributed by atoms with E-state index >= 15 is 0 Å². The monoisotopic (exact) mass is 381 g/mol. The first-order valence-corrected chi connectivity index (χ1v) is 8.68. The standard InChI is InChI=1S/C16H20BrN3OS/c1-10-14(22-11(2)20-10)8-9-19-15(21)16(3,18)12-4-6-13(17)7-5-12/h4-7H,8-9,18H2,1-3H3,(H,19,21). The second-order valence-electron chi connectivity index (χ2n) is 5.46. The maximum absolute atomic E-state index is 12.4. The Morgan fingerprint density at radius 3 is 2.55 bits per heavy atom. The van der Waals surface area contributed by atoms with Gasteiger partial charge >= 0.3 is 0 Å². The van der Waals surface area contributed by atoms with E-state index in [2.05, 4.69) is 26.2 Å². The van der Waals surface area contributed by atoms with Crippen molar-refractivity contribution in [3.8, 4) is 0 Å². The Hall–Kier alpha value is -1.24. The summed E-state index contributed by atoms with van der Waals surface area (Å²) in [4.78, 5) is 18.0. The van der Waals surface area contributed by atoms with E-state index in [4.69, 9.17) is 5.73 Å². The molecule has 1 aromatic carbocycles. The minimum Gasteiger partial charge on any atom is -0.354 e. The fourth-order valence-electron chi connectivity index (χ4n) is 2.21. The third-order valence-electron chi connectivity index (χ3n) is 3.55. The van der Waals surface area contributed by atoms with Gasteiger partial charge in [0.15, 0.2) is 0 Å². The minimum absolute atomic E-state index is 0.172. The van der Waals surface area contributed by atoms with Gasteiger partial charge < -0.3 is 11.1 Å². The van der Waals surface area contributed by atoms with Gasteiger partial charge in [-0.15, -0.1) is 11.3 Å². The molecule has 118 valence electrons. The molecule has 6 heteroatoms. The van der Waals surface area contributed by atoms with Crippen LogP contribution in [0.4, 0.5) is 0 Å². The highest BCUT2D eigenvalue weighted by Gasteiger charge is 2.30. The number of halogens is 1. The van der Waals surface area contributed by atoms with Crippen LogP contribution in [0.5, 0.6) is 0 Å². The van der Waals surface area contributed by atoms with Gasteiger partial charge in [-0.1, -0.05) is 28.1 Å². The van der Waals surface area contributed by atoms with E-state index in [9.17, 15) is 4.79 Å². The quantitative estimate of drug-likeness (QED) is 0.835. The average Bonchev–Trinajstić information content (AvgIpc) is 2.77. The molecule has 0 aliphatic heterocycles. The summed E-state index contributed by atoms with van der Waals surface area (Å²) in [5.74, 6) is -0.172. The van der Waals surface area contributed by atoms with Crippen LogP contribution in [-0.2, 0) is 16.8 Å². The first kappa shape index (κ1) is 17.1. The van der Waals surface area contributed by atoms with E-state index in [0.717, 1.165) is 27.2 Å². The highest BCUT2D eigenvalue weighted by Crippen LogP contribution is 2.21. The Morgan fingerprint density at radius 1 is 1.36 bits per heavy atom. The van der Waals surface area contributed by atoms with Crippen LogP contribution in [0, 0.1) is 13.8 Å². The van der Waals surface area contributed by atoms with E-state index < -0.39 is 5.54 Å². The van der Waals surface area contributed by atoms with Crippen molar-refractivity contribution in [2.45, 2.75) is 32.7 Å². The van der Waals surface area contributed by atoms with Gasteiger partial charge in [-0.3, -0.25) is 4.79 Å². The number of nitrogens with zero attached hydrogens (tertiary/aromatic N) is 1. The van der Waals surface area contributed by atoms with Crippen LogP contribution >= 0.6 is 27.3 Å². The van der Waals surface area contributed by atoms with Crippen molar-refractivity contribution < 1.29 is 4.79 Å². The summed E-state index contributed by atoms with van der Waals surface area (Å²) < 4.78 is 0.962. The molecular formula is C16H20BrN3OS. The molecule has 1 amide bonds. The van der Waals surface area contributed by atoms with Gasteiger partial charge in [0.25, 0.3) is 0 Å². The Morgan fingerprint density at radius 2 is 2.00 bits per heavy atom. The van der Waals surface area contributed by atoms with E-state index in [1.165, 1.54) is 4.88 Å². The van der Waals surface area contributed by atoms with Crippen molar-refractivity contribution in [1.82, 2.24) is 10.3 Å². The zero-order chi connectivity index (χ0) is 16.3. The fraction of sp³-hybridized carbons (Fsp3) is 0.375. The number of rotatable bonds is 5. The lowest BCUT2D eigenvalue weighted by molar-refractivity contribution is -0.126. The lowest BCUT2D eigenvalue weighted by Gasteiger charge is -2.24. The van der Waals surface area contributed by atoms with Crippen molar-refractivity contribution >= 4 is 33.2 Å². The third-order valence-corrected chi connectivity index (χ3v) is 5.21. The molecule has 1 aromatic heterocycles. The van der Waals surface area contributed by atoms with Crippen molar-refractivity contribution in [2.75, 3.05) is 6.54 Å². The molecule has 2 rings (SSSR count). The van der Waals surface area contributed by atoms with Gasteiger partial charge in [0.1, 0.15) is 5.54 Å². The number of nitrogens with two attached hydrogens (primary N) is 1. The molecule has 0 fully saturated rings. The van der Waals surface area contributed by atoms with Crippen LogP contribution in [0.15, 0.2) is 28.7 Å². The highest BCUT2D eigenvalue weighted by molar-refractivity contribution is 9.10. The SMILES string of the molecule is Cc1nc(C)c(CCNC(=O)C(C)(N)c2ccc(Br)cc2)s1. The van der Waals surface area contributed by atoms with E-state index in [-0.39, 0.29) is 5.91 Å². The zero-order valence-corrected chi connectivity index (χ0v) is 15.3. The molecule has 4 nitrogen and oxygen atoms in total. The lowest BCUT2D eigenvalue weighted by Crippen LogP contribution is -2.49. The molecule has 1 unspecified atom stereocenters. The summed E-state index contributed by atoms with van der Waals surface area (Å²) in [6.45, 7) is 6.28. The van der Waals surface area contributed by atoms with Crippen LogP contribution < -0.4 is 11.1 Å². The first-order valence-electron chi connectivity index (χ1n) is 7.07. The number of amides is 1. The Labute approximate surface area is 143 Å². The molecule has 2 aromatic rings. The van der Waals surface area contributed by atoms with E-state index in [1.54, 1.807) is 18.3 Å². The number of nitrogens with one attached hydrogen (secondary N) is 1. The topological polar surface area (TPSA) is 68.0 Å². The summed E-state index contributed by atoms with van der Waals surface area (Å²) in [6, 6.07) is 7.50. The van der Waals surface area contributed by atoms with Crippen LogP contribution in [0.25, 0.3) is 0 Å². The van der Waals surface area contributed by atoms with Crippen LogP contribution in [0.1, 0.15) is 28.1 Å². The number of thiazole rings is 1. The molecule has 0 saturated carbocycles. The van der Waals surface area contributed by atoms with Crippen molar-refractivity contribution in [1.29, 1.82) is 0 Å². The van der Waals surface area contributed by atoms with Crippen LogP contribution in [0.3, 0.4) is 0 Å². The average molecular weight is 382 g/mol. The second kappa shape index (κ2) is 6.89. The summed E-state index contributed by atoms with van der Waals surface area (Å²) in [5.41, 5.74) is 7.00. The highest BCUT2D eigenvalue weighted by atomic mass is 79.9. The van der Waals surface area contributed by atoms with Gasteiger partial charge in [0, 0.05) is 22.3 Å². The van der Waals surface area contributed by atoms with Gasteiger partial charge in [0.2, 0.25) is 5.91 Å². The number of aryl methyl sites for hydroxylation is 2. The normalized spacial score (nSPS) is 13.7. The minimum atomic E-state index is -1.04. The molecule has 0 spiro atoms. The molecule has 22 heavy (non-hydrogen) atoms. The lowest BCUT2D eigenvalue weighted by atomic mass is 9.92. The zero-order valence-electron chi connectivity index (χ0n) is 12.9. The van der Waals surface area contributed by atoms with Crippen LogP contribution in [-0.4, -0.2) is 17.4 Å². The van der Waals surface area contributed by atoms with Gasteiger partial charge in [-0.05, 0) is 38.5 Å². The molecule has 1 atom stereocenters. The van der Waals surface area contributed by atoms with Crippen molar-refractivity contribution in [3.05, 3.63) is 49.9 Å². The summed E-state index contributed by atoms with van der Waals surface area (Å²) in [5, 5.41) is 3.98. The molecule has 0 aliphatic rings. The molecule has 0 bridgehead atoms. The van der Waals surface area contributed by atoms with E-state index in [1.807, 2.05) is 38.1 Å². The van der Waals surface area contributed by atoms with Gasteiger partial charge in [-0.2, -0.15) is 0 Å². The number of benzene rings is 1. The number of hydrogen-bond acceptors (Lipinski definition) is 4. The molecule has 0 radical (unpaired) electrons. The molecular weight excluding hydrogens is 362 g/mol. The van der Waals surface area contributed by atoms with Gasteiger partial charge in [0.05, 0.1) is 10.7 Å². The predicted octanol–water partition coefficient (Wildman–Crippen LogP) is 3.06. The van der Waals surface area contributed by atoms with Crippen molar-refractivity contribution in [3.63, 3.8) is 0 Å². The second-order valence-corrected chi connectivity index (χ2v) is 7.66. The largest absolute Gasteiger partial charge is 0.354 e. The number of aromatic nitrogens is 1. The summed E-state index contributed by atoms with van der Waals surface area (Å²) >= 11 is 5.05. The van der Waals surface area contributed by atoms with Crippen LogP contribution in [0.2, 0.25) is 0 Å². The maximum atomic E-state index is 12.4. The summed E-state index contributed by atoms with van der Waals surface area (Å²) in [7, 11) is 0. The molecule has 3 N–H and O–H groups in total. The number of hydrogen-bond donors (Lipinski definition) is 2. The first-order chi connectivity index (χ1) is 10.3. The number of carbonyl (C=O) groups is 1. The predicted molar refractivity (Wildman–Crippen MR) is 94.0 cm³/mol. The smallest absolute Gasteiger partial charge is 0.244 e. The molecule has 1 heterocycles. The Balaban J connectivity index is 1.96. The van der Waals surface area contributed by atoms with E-state index in [0.29, 0.717) is 6.54 Å². The molecule has 0 aliphatic carbocycles.